The highest BCUT2D eigenvalue weighted by Gasteiger charge is 2.34. The Hall–Kier alpha value is -2.86. The molecule has 0 spiro atoms. The number of anilines is 1. The van der Waals surface area contributed by atoms with Crippen LogP contribution in [0.3, 0.4) is 0 Å². The molecule has 2 aromatic carbocycles. The van der Waals surface area contributed by atoms with Crippen molar-refractivity contribution in [2.24, 2.45) is 0 Å². The Kier molecular flexibility index (Phi) is 4.95. The van der Waals surface area contributed by atoms with Gasteiger partial charge in [-0.1, -0.05) is 31.2 Å². The molecule has 0 saturated carbocycles. The van der Waals surface area contributed by atoms with Crippen LogP contribution in [0, 0.1) is 0 Å². The number of rotatable bonds is 5. The topological polar surface area (TPSA) is 95.5 Å². The molecule has 1 unspecified atom stereocenters. The molecule has 0 heterocycles. The summed E-state index contributed by atoms with van der Waals surface area (Å²) in [5.74, 6) is -1.56. The van der Waals surface area contributed by atoms with Gasteiger partial charge in [0.1, 0.15) is 11.6 Å². The van der Waals surface area contributed by atoms with Gasteiger partial charge in [0, 0.05) is 16.8 Å². The van der Waals surface area contributed by atoms with E-state index in [0.29, 0.717) is 12.1 Å². The molecule has 3 N–H and O–H groups in total. The van der Waals surface area contributed by atoms with Gasteiger partial charge in [0.15, 0.2) is 11.6 Å². The van der Waals surface area contributed by atoms with E-state index >= 15 is 0 Å². The molecule has 1 aliphatic carbocycles. The van der Waals surface area contributed by atoms with Gasteiger partial charge in [-0.25, -0.2) is 0 Å². The predicted molar refractivity (Wildman–Crippen MR) is 98.0 cm³/mol. The van der Waals surface area contributed by atoms with E-state index in [1.54, 1.807) is 24.3 Å². The van der Waals surface area contributed by atoms with Crippen molar-refractivity contribution in [2.75, 3.05) is 11.2 Å². The molecule has 3 rings (SSSR count). The van der Waals surface area contributed by atoms with Crippen molar-refractivity contribution >= 4 is 34.8 Å². The van der Waals surface area contributed by atoms with Crippen LogP contribution in [-0.4, -0.2) is 34.6 Å². The molecule has 0 radical (unpaired) electrons. The van der Waals surface area contributed by atoms with Crippen molar-refractivity contribution in [3.63, 3.8) is 0 Å². The molecular weight excluding hydrogens is 356 g/mol. The molecule has 7 heteroatoms. The summed E-state index contributed by atoms with van der Waals surface area (Å²) in [7, 11) is 0. The van der Waals surface area contributed by atoms with E-state index < -0.39 is 11.9 Å². The molecule has 1 amide bonds. The number of halogens is 1. The second-order valence-electron chi connectivity index (χ2n) is 5.89. The number of carbonyl (C=O) groups excluding carboxylic acids is 3. The fourth-order valence-electron chi connectivity index (χ4n) is 2.99. The maximum atomic E-state index is 13.0. The first kappa shape index (κ1) is 17.9. The molecule has 0 bridgehead atoms. The van der Waals surface area contributed by atoms with Crippen LogP contribution in [0.15, 0.2) is 36.4 Å². The number of nitrogens with one attached hydrogen (secondary N) is 2. The lowest BCUT2D eigenvalue weighted by atomic mass is 9.82. The second-order valence-corrected chi connectivity index (χ2v) is 6.16. The van der Waals surface area contributed by atoms with Gasteiger partial charge >= 0.3 is 0 Å². The minimum atomic E-state index is -0.477. The van der Waals surface area contributed by atoms with Crippen LogP contribution in [0.5, 0.6) is 5.75 Å². The minimum absolute atomic E-state index is 0.0303. The quantitative estimate of drug-likeness (QED) is 0.363. The molecule has 6 nitrogen and oxygen atoms in total. The standard InChI is InChI=1S/C19H17ClN2O4/c1-2-14(22-15(24)9-20)21-12-7-8-13(23)17-16(12)18(25)10-5-3-4-6-11(10)19(17)26/h3-8,14,21,23H,2,9H2,1H3,(H,22,24). The third kappa shape index (κ3) is 3.04. The van der Waals surface area contributed by atoms with Gasteiger partial charge < -0.3 is 15.7 Å². The first-order valence-electron chi connectivity index (χ1n) is 8.14. The number of fused-ring (bicyclic) bond motifs is 2. The number of alkyl halides is 1. The lowest BCUT2D eigenvalue weighted by Gasteiger charge is -2.25. The summed E-state index contributed by atoms with van der Waals surface area (Å²) in [4.78, 5) is 37.3. The molecular formula is C19H17ClN2O4. The molecule has 0 aromatic heterocycles. The van der Waals surface area contributed by atoms with Gasteiger partial charge in [0.2, 0.25) is 5.91 Å². The minimum Gasteiger partial charge on any atom is -0.507 e. The molecule has 1 atom stereocenters. The summed E-state index contributed by atoms with van der Waals surface area (Å²) in [6.07, 6.45) is 0.0479. The Morgan fingerprint density at radius 1 is 1.08 bits per heavy atom. The Morgan fingerprint density at radius 2 is 1.69 bits per heavy atom. The van der Waals surface area contributed by atoms with Crippen molar-refractivity contribution in [2.45, 2.75) is 19.5 Å². The Bertz CT molecular complexity index is 910. The maximum absolute atomic E-state index is 13.0. The fraction of sp³-hybridized carbons (Fsp3) is 0.211. The lowest BCUT2D eigenvalue weighted by Crippen LogP contribution is -2.41. The van der Waals surface area contributed by atoms with Gasteiger partial charge in [-0.3, -0.25) is 14.4 Å². The summed E-state index contributed by atoms with van der Waals surface area (Å²) in [5, 5.41) is 15.9. The molecule has 26 heavy (non-hydrogen) atoms. The van der Waals surface area contributed by atoms with E-state index in [4.69, 9.17) is 11.6 Å². The zero-order valence-electron chi connectivity index (χ0n) is 14.0. The monoisotopic (exact) mass is 372 g/mol. The first-order valence-corrected chi connectivity index (χ1v) is 8.67. The highest BCUT2D eigenvalue weighted by atomic mass is 35.5. The predicted octanol–water partition coefficient (Wildman–Crippen LogP) is 2.67. The lowest BCUT2D eigenvalue weighted by molar-refractivity contribution is -0.119. The molecule has 1 aliphatic rings. The summed E-state index contributed by atoms with van der Waals surface area (Å²) < 4.78 is 0. The second kappa shape index (κ2) is 7.17. The van der Waals surface area contributed by atoms with Crippen molar-refractivity contribution in [3.05, 3.63) is 58.7 Å². The average molecular weight is 373 g/mol. The van der Waals surface area contributed by atoms with Gasteiger partial charge in [-0.15, -0.1) is 11.6 Å². The molecule has 0 fully saturated rings. The van der Waals surface area contributed by atoms with Crippen LogP contribution in [0.25, 0.3) is 0 Å². The van der Waals surface area contributed by atoms with E-state index in [9.17, 15) is 19.5 Å². The van der Waals surface area contributed by atoms with Crippen LogP contribution in [0.2, 0.25) is 0 Å². The van der Waals surface area contributed by atoms with Crippen molar-refractivity contribution < 1.29 is 19.5 Å². The number of benzene rings is 2. The van der Waals surface area contributed by atoms with Crippen LogP contribution in [-0.2, 0) is 4.79 Å². The molecule has 2 aromatic rings. The maximum Gasteiger partial charge on any atom is 0.236 e. The normalized spacial score (nSPS) is 13.6. The smallest absolute Gasteiger partial charge is 0.236 e. The summed E-state index contributed by atoms with van der Waals surface area (Å²) >= 11 is 5.52. The summed E-state index contributed by atoms with van der Waals surface area (Å²) in [6.45, 7) is 1.85. The zero-order valence-corrected chi connectivity index (χ0v) is 14.8. The third-order valence-electron chi connectivity index (χ3n) is 4.25. The number of hydrogen-bond donors (Lipinski definition) is 3. The van der Waals surface area contributed by atoms with Gasteiger partial charge in [-0.2, -0.15) is 0 Å². The van der Waals surface area contributed by atoms with Crippen LogP contribution < -0.4 is 10.6 Å². The Balaban J connectivity index is 2.07. The number of hydrogen-bond acceptors (Lipinski definition) is 5. The largest absolute Gasteiger partial charge is 0.507 e. The van der Waals surface area contributed by atoms with Crippen LogP contribution >= 0.6 is 11.6 Å². The van der Waals surface area contributed by atoms with E-state index in [1.165, 1.54) is 12.1 Å². The zero-order chi connectivity index (χ0) is 18.8. The van der Waals surface area contributed by atoms with Crippen molar-refractivity contribution in [1.29, 1.82) is 0 Å². The number of aromatic hydroxyl groups is 1. The molecule has 0 saturated heterocycles. The summed E-state index contributed by atoms with van der Waals surface area (Å²) in [6, 6.07) is 9.37. The highest BCUT2D eigenvalue weighted by Crippen LogP contribution is 2.37. The highest BCUT2D eigenvalue weighted by molar-refractivity contribution is 6.31. The number of amides is 1. The molecule has 0 aliphatic heterocycles. The Labute approximate surface area is 155 Å². The van der Waals surface area contributed by atoms with Gasteiger partial charge in [0.25, 0.3) is 0 Å². The van der Waals surface area contributed by atoms with E-state index in [0.717, 1.165) is 0 Å². The van der Waals surface area contributed by atoms with E-state index in [1.807, 2.05) is 6.92 Å². The van der Waals surface area contributed by atoms with Gasteiger partial charge in [-0.05, 0) is 18.6 Å². The number of phenols is 1. The number of phenolic OH excluding ortho intramolecular Hbond substituents is 1. The van der Waals surface area contributed by atoms with E-state index in [2.05, 4.69) is 10.6 Å². The first-order chi connectivity index (χ1) is 12.5. The van der Waals surface area contributed by atoms with Crippen molar-refractivity contribution in [1.82, 2.24) is 5.32 Å². The van der Waals surface area contributed by atoms with Crippen LogP contribution in [0.4, 0.5) is 5.69 Å². The molecule has 134 valence electrons. The van der Waals surface area contributed by atoms with Crippen LogP contribution in [0.1, 0.15) is 45.2 Å². The Morgan fingerprint density at radius 3 is 2.27 bits per heavy atom. The SMILES string of the molecule is CCC(NC(=O)CCl)Nc1ccc(O)c2c1C(=O)c1ccccc1C2=O. The van der Waals surface area contributed by atoms with Gasteiger partial charge in [0.05, 0.1) is 17.3 Å². The number of carbonyl (C=O) groups is 3. The summed E-state index contributed by atoms with van der Waals surface area (Å²) in [5.41, 5.74) is 0.994. The third-order valence-corrected chi connectivity index (χ3v) is 4.49. The van der Waals surface area contributed by atoms with E-state index in [-0.39, 0.29) is 45.6 Å². The van der Waals surface area contributed by atoms with Crippen molar-refractivity contribution in [3.8, 4) is 5.75 Å². The number of ketones is 2. The fourth-order valence-corrected chi connectivity index (χ4v) is 3.06. The average Bonchev–Trinajstić information content (AvgIpc) is 2.66.